The molecule has 0 aliphatic heterocycles. The van der Waals surface area contributed by atoms with E-state index < -0.39 is 23.7 Å². The molecule has 0 bridgehead atoms. The van der Waals surface area contributed by atoms with Gasteiger partial charge in [0.15, 0.2) is 11.6 Å². The van der Waals surface area contributed by atoms with Gasteiger partial charge in [-0.15, -0.1) is 13.2 Å². The number of ether oxygens (including phenoxy) is 1. The first kappa shape index (κ1) is 12.2. The van der Waals surface area contributed by atoms with E-state index in [2.05, 4.69) is 20.7 Å². The fraction of sp³-hybridized carbons (Fsp3) is 0.250. The van der Waals surface area contributed by atoms with E-state index in [9.17, 15) is 22.0 Å². The van der Waals surface area contributed by atoms with Crippen molar-refractivity contribution in [3.8, 4) is 5.75 Å². The lowest BCUT2D eigenvalue weighted by molar-refractivity contribution is -0.274. The van der Waals surface area contributed by atoms with Crippen molar-refractivity contribution in [2.45, 2.75) is 11.7 Å². The zero-order chi connectivity index (χ0) is 11.6. The van der Waals surface area contributed by atoms with Gasteiger partial charge in [-0.2, -0.15) is 0 Å². The van der Waals surface area contributed by atoms with E-state index in [1.807, 2.05) is 0 Å². The maximum atomic E-state index is 12.9. The average molecular weight is 291 g/mol. The Hall–Kier alpha value is -0.850. The molecule has 7 heteroatoms. The molecular formula is C8H4BrF5O. The van der Waals surface area contributed by atoms with Crippen molar-refractivity contribution in [1.82, 2.24) is 0 Å². The molecule has 0 fully saturated rings. The highest BCUT2D eigenvalue weighted by molar-refractivity contribution is 9.08. The molecule has 1 nitrogen and oxygen atoms in total. The highest BCUT2D eigenvalue weighted by atomic mass is 79.9. The van der Waals surface area contributed by atoms with Gasteiger partial charge in [-0.1, -0.05) is 15.9 Å². The van der Waals surface area contributed by atoms with E-state index in [0.29, 0.717) is 6.07 Å². The monoisotopic (exact) mass is 290 g/mol. The minimum atomic E-state index is -4.92. The predicted octanol–water partition coefficient (Wildman–Crippen LogP) is 3.76. The molecule has 15 heavy (non-hydrogen) atoms. The summed E-state index contributed by atoms with van der Waals surface area (Å²) >= 11 is 2.81. The third kappa shape index (κ3) is 3.33. The summed E-state index contributed by atoms with van der Waals surface area (Å²) in [6, 6.07) is 1.12. The molecular weight excluding hydrogens is 287 g/mol. The van der Waals surface area contributed by atoms with Crippen LogP contribution in [0.25, 0.3) is 0 Å². The molecule has 0 atom stereocenters. The number of alkyl halides is 4. The minimum Gasteiger partial charge on any atom is -0.406 e. The SMILES string of the molecule is Fc1cc(OC(F)(F)F)cc(CBr)c1F. The Labute approximate surface area is 90.0 Å². The second kappa shape index (κ2) is 4.34. The second-order valence-electron chi connectivity index (χ2n) is 2.56. The fourth-order valence-corrected chi connectivity index (χ4v) is 1.32. The zero-order valence-corrected chi connectivity index (χ0v) is 8.62. The Morgan fingerprint density at radius 1 is 1.20 bits per heavy atom. The van der Waals surface area contributed by atoms with Crippen molar-refractivity contribution in [3.05, 3.63) is 29.3 Å². The van der Waals surface area contributed by atoms with Crippen LogP contribution < -0.4 is 4.74 Å². The van der Waals surface area contributed by atoms with Gasteiger partial charge >= 0.3 is 6.36 Å². The third-order valence-corrected chi connectivity index (χ3v) is 2.06. The van der Waals surface area contributed by atoms with Crippen LogP contribution in [0.5, 0.6) is 5.75 Å². The van der Waals surface area contributed by atoms with Crippen LogP contribution in [0.15, 0.2) is 12.1 Å². The van der Waals surface area contributed by atoms with Crippen molar-refractivity contribution >= 4 is 15.9 Å². The Bertz CT molecular complexity index is 363. The van der Waals surface area contributed by atoms with Gasteiger partial charge in [0.2, 0.25) is 0 Å². The first-order valence-corrected chi connectivity index (χ1v) is 4.75. The number of rotatable bonds is 2. The maximum absolute atomic E-state index is 12.9. The largest absolute Gasteiger partial charge is 0.573 e. The summed E-state index contributed by atoms with van der Waals surface area (Å²) in [5.41, 5.74) is -0.241. The molecule has 0 aromatic heterocycles. The van der Waals surface area contributed by atoms with Crippen molar-refractivity contribution in [1.29, 1.82) is 0 Å². The molecule has 0 aliphatic carbocycles. The molecule has 1 aromatic carbocycles. The van der Waals surface area contributed by atoms with Gasteiger partial charge in [0.05, 0.1) is 0 Å². The molecule has 1 aromatic rings. The van der Waals surface area contributed by atoms with Crippen LogP contribution in [0.4, 0.5) is 22.0 Å². The average Bonchev–Trinajstić information content (AvgIpc) is 2.08. The highest BCUT2D eigenvalue weighted by Crippen LogP contribution is 2.27. The van der Waals surface area contributed by atoms with Crippen LogP contribution in [0, 0.1) is 11.6 Å². The van der Waals surface area contributed by atoms with Crippen molar-refractivity contribution in [2.24, 2.45) is 0 Å². The van der Waals surface area contributed by atoms with E-state index in [1.54, 1.807) is 0 Å². The molecule has 0 unspecified atom stereocenters. The summed E-state index contributed by atoms with van der Waals surface area (Å²) < 4.78 is 64.4. The lowest BCUT2D eigenvalue weighted by atomic mass is 10.2. The summed E-state index contributed by atoms with van der Waals surface area (Å²) in [5.74, 6) is -3.36. The second-order valence-corrected chi connectivity index (χ2v) is 3.12. The molecule has 0 saturated heterocycles. The van der Waals surface area contributed by atoms with E-state index in [4.69, 9.17) is 0 Å². The van der Waals surface area contributed by atoms with Gasteiger partial charge in [-0.25, -0.2) is 8.78 Å². The fourth-order valence-electron chi connectivity index (χ4n) is 0.908. The van der Waals surface area contributed by atoms with Gasteiger partial charge in [0.1, 0.15) is 5.75 Å². The molecule has 0 aliphatic rings. The normalized spacial score (nSPS) is 11.6. The van der Waals surface area contributed by atoms with E-state index in [0.717, 1.165) is 6.07 Å². The van der Waals surface area contributed by atoms with E-state index >= 15 is 0 Å². The summed E-state index contributed by atoms with van der Waals surface area (Å²) in [5, 5.41) is -0.106. The Morgan fingerprint density at radius 2 is 1.80 bits per heavy atom. The molecule has 1 rings (SSSR count). The molecule has 0 amide bonds. The molecule has 84 valence electrons. The molecule has 0 spiro atoms. The van der Waals surface area contributed by atoms with Crippen LogP contribution in [0.3, 0.4) is 0 Å². The quantitative estimate of drug-likeness (QED) is 0.595. The van der Waals surface area contributed by atoms with Crippen molar-refractivity contribution in [2.75, 3.05) is 0 Å². The molecule has 0 radical (unpaired) electrons. The lowest BCUT2D eigenvalue weighted by Gasteiger charge is -2.10. The van der Waals surface area contributed by atoms with Crippen LogP contribution in [-0.2, 0) is 5.33 Å². The van der Waals surface area contributed by atoms with Gasteiger partial charge in [-0.05, 0) is 6.07 Å². The first-order chi connectivity index (χ1) is 6.83. The Balaban J connectivity index is 3.06. The Kier molecular flexibility index (Phi) is 3.54. The van der Waals surface area contributed by atoms with Gasteiger partial charge < -0.3 is 4.74 Å². The summed E-state index contributed by atoms with van der Waals surface area (Å²) in [6.07, 6.45) is -4.92. The zero-order valence-electron chi connectivity index (χ0n) is 7.04. The van der Waals surface area contributed by atoms with Crippen molar-refractivity contribution in [3.63, 3.8) is 0 Å². The smallest absolute Gasteiger partial charge is 0.406 e. The number of hydrogen-bond donors (Lipinski definition) is 0. The molecule has 0 saturated carbocycles. The number of halogens is 6. The number of benzene rings is 1. The van der Waals surface area contributed by atoms with Gasteiger partial charge in [-0.3, -0.25) is 0 Å². The highest BCUT2D eigenvalue weighted by Gasteiger charge is 2.31. The topological polar surface area (TPSA) is 9.23 Å². The first-order valence-electron chi connectivity index (χ1n) is 3.63. The van der Waals surface area contributed by atoms with Crippen LogP contribution >= 0.6 is 15.9 Å². The van der Waals surface area contributed by atoms with Crippen molar-refractivity contribution < 1.29 is 26.7 Å². The summed E-state index contributed by atoms with van der Waals surface area (Å²) in [6.45, 7) is 0. The molecule has 0 N–H and O–H groups in total. The van der Waals surface area contributed by atoms with Crippen LogP contribution in [0.1, 0.15) is 5.56 Å². The third-order valence-electron chi connectivity index (χ3n) is 1.45. The van der Waals surface area contributed by atoms with E-state index in [-0.39, 0.29) is 10.9 Å². The summed E-state index contributed by atoms with van der Waals surface area (Å²) in [4.78, 5) is 0. The van der Waals surface area contributed by atoms with Crippen LogP contribution in [0.2, 0.25) is 0 Å². The maximum Gasteiger partial charge on any atom is 0.573 e. The number of hydrogen-bond acceptors (Lipinski definition) is 1. The van der Waals surface area contributed by atoms with Gasteiger partial charge in [0.25, 0.3) is 0 Å². The predicted molar refractivity (Wildman–Crippen MR) is 45.7 cm³/mol. The summed E-state index contributed by atoms with van der Waals surface area (Å²) in [7, 11) is 0. The van der Waals surface area contributed by atoms with Crippen LogP contribution in [-0.4, -0.2) is 6.36 Å². The molecule has 0 heterocycles. The minimum absolute atomic E-state index is 0.106. The van der Waals surface area contributed by atoms with E-state index in [1.165, 1.54) is 0 Å². The van der Waals surface area contributed by atoms with Gasteiger partial charge in [0, 0.05) is 17.0 Å². The lowest BCUT2D eigenvalue weighted by Crippen LogP contribution is -2.17. The Morgan fingerprint density at radius 3 is 2.27 bits per heavy atom. The standard InChI is InChI=1S/C8H4BrF5O/c9-3-4-1-5(15-8(12,13)14)2-6(10)7(4)11/h1-2H,3H2.